The van der Waals surface area contributed by atoms with Crippen molar-refractivity contribution >= 4 is 22.4 Å². The van der Waals surface area contributed by atoms with Gasteiger partial charge in [-0.25, -0.2) is 0 Å². The Morgan fingerprint density at radius 2 is 2.22 bits per heavy atom. The third-order valence-electron chi connectivity index (χ3n) is 2.08. The molecular weight excluding hydrogens is 250 g/mol. The lowest BCUT2D eigenvalue weighted by molar-refractivity contribution is -0.118. The number of aromatic nitrogens is 3. The predicted molar refractivity (Wildman–Crippen MR) is 70.3 cm³/mol. The van der Waals surface area contributed by atoms with E-state index in [4.69, 9.17) is 0 Å². The van der Waals surface area contributed by atoms with Crippen molar-refractivity contribution < 1.29 is 4.79 Å². The van der Waals surface area contributed by atoms with E-state index in [0.717, 1.165) is 15.8 Å². The van der Waals surface area contributed by atoms with Crippen LogP contribution in [0.1, 0.15) is 6.92 Å². The summed E-state index contributed by atoms with van der Waals surface area (Å²) in [7, 11) is 0. The summed E-state index contributed by atoms with van der Waals surface area (Å²) >= 11 is 1.44. The molecule has 2 aromatic rings. The van der Waals surface area contributed by atoms with E-state index in [2.05, 4.69) is 25.8 Å². The molecule has 2 N–H and O–H groups in total. The van der Waals surface area contributed by atoms with Gasteiger partial charge in [0.05, 0.1) is 0 Å². The van der Waals surface area contributed by atoms with E-state index in [-0.39, 0.29) is 5.91 Å². The lowest BCUT2D eigenvalue weighted by Crippen LogP contribution is -2.26. The minimum Gasteiger partial charge on any atom is -0.358 e. The molecule has 6 nitrogen and oxygen atoms in total. The number of nitrogens with one attached hydrogen (secondary N) is 2. The van der Waals surface area contributed by atoms with Crippen LogP contribution in [0.5, 0.6) is 0 Å². The topological polar surface area (TPSA) is 79.8 Å². The number of nitrogens with zero attached hydrogens (tertiary/aromatic N) is 3. The van der Waals surface area contributed by atoms with Crippen LogP contribution in [0.15, 0.2) is 24.4 Å². The molecule has 0 unspecified atom stereocenters. The monoisotopic (exact) mass is 263 g/mol. The second-order valence-corrected chi connectivity index (χ2v) is 4.51. The molecule has 18 heavy (non-hydrogen) atoms. The van der Waals surface area contributed by atoms with E-state index in [1.54, 1.807) is 6.20 Å². The van der Waals surface area contributed by atoms with Crippen molar-refractivity contribution in [1.29, 1.82) is 0 Å². The first-order valence-corrected chi connectivity index (χ1v) is 6.30. The fourth-order valence-electron chi connectivity index (χ4n) is 1.30. The summed E-state index contributed by atoms with van der Waals surface area (Å²) in [5, 5.41) is 15.4. The first-order valence-electron chi connectivity index (χ1n) is 5.49. The van der Waals surface area contributed by atoms with Gasteiger partial charge in [0.15, 0.2) is 5.01 Å². The van der Waals surface area contributed by atoms with Crippen LogP contribution in [0, 0.1) is 0 Å². The molecule has 1 amide bonds. The number of hydrogen-bond donors (Lipinski definition) is 2. The highest BCUT2D eigenvalue weighted by atomic mass is 32.1. The fourth-order valence-corrected chi connectivity index (χ4v) is 2.04. The van der Waals surface area contributed by atoms with E-state index < -0.39 is 0 Å². The molecule has 2 heterocycles. The van der Waals surface area contributed by atoms with E-state index in [0.29, 0.717) is 13.1 Å². The number of pyridine rings is 1. The molecule has 0 aromatic carbocycles. The Balaban J connectivity index is 1.89. The summed E-state index contributed by atoms with van der Waals surface area (Å²) in [6.45, 7) is 2.67. The molecule has 0 saturated heterocycles. The maximum Gasteiger partial charge on any atom is 0.216 e. The maximum atomic E-state index is 10.7. The molecule has 0 aliphatic carbocycles. The predicted octanol–water partition coefficient (Wildman–Crippen LogP) is 1.15. The smallest absolute Gasteiger partial charge is 0.216 e. The van der Waals surface area contributed by atoms with Gasteiger partial charge in [-0.3, -0.25) is 9.78 Å². The minimum atomic E-state index is -0.0387. The second-order valence-electron chi connectivity index (χ2n) is 3.54. The average Bonchev–Trinajstić information content (AvgIpc) is 2.84. The molecule has 0 spiro atoms. The summed E-state index contributed by atoms with van der Waals surface area (Å²) in [6.07, 6.45) is 1.72. The van der Waals surface area contributed by atoms with Gasteiger partial charge in [-0.2, -0.15) is 0 Å². The SMILES string of the molecule is CC(=O)NCCNc1nnc(-c2ccccn2)s1. The van der Waals surface area contributed by atoms with Crippen molar-refractivity contribution in [3.8, 4) is 10.7 Å². The summed E-state index contributed by atoms with van der Waals surface area (Å²) in [5.74, 6) is -0.0387. The fraction of sp³-hybridized carbons (Fsp3) is 0.273. The molecule has 0 aliphatic rings. The van der Waals surface area contributed by atoms with Gasteiger partial charge in [0.25, 0.3) is 0 Å². The Kier molecular flexibility index (Phi) is 4.19. The quantitative estimate of drug-likeness (QED) is 0.791. The van der Waals surface area contributed by atoms with Crippen LogP contribution >= 0.6 is 11.3 Å². The van der Waals surface area contributed by atoms with Crippen LogP contribution < -0.4 is 10.6 Å². The van der Waals surface area contributed by atoms with Gasteiger partial charge in [0.2, 0.25) is 11.0 Å². The van der Waals surface area contributed by atoms with Crippen LogP contribution in [0.3, 0.4) is 0 Å². The van der Waals surface area contributed by atoms with Crippen LogP contribution in [0.4, 0.5) is 5.13 Å². The van der Waals surface area contributed by atoms with Gasteiger partial charge in [0.1, 0.15) is 5.69 Å². The highest BCUT2D eigenvalue weighted by molar-refractivity contribution is 7.18. The molecule has 0 bridgehead atoms. The second kappa shape index (κ2) is 6.06. The molecule has 0 radical (unpaired) electrons. The van der Waals surface area contributed by atoms with Crippen molar-refractivity contribution in [3.63, 3.8) is 0 Å². The van der Waals surface area contributed by atoms with E-state index in [1.165, 1.54) is 18.3 Å². The van der Waals surface area contributed by atoms with Gasteiger partial charge in [-0.15, -0.1) is 10.2 Å². The van der Waals surface area contributed by atoms with Crippen LogP contribution in [-0.2, 0) is 4.79 Å². The van der Waals surface area contributed by atoms with Crippen molar-refractivity contribution in [2.24, 2.45) is 0 Å². The zero-order chi connectivity index (χ0) is 12.8. The Bertz CT molecular complexity index is 513. The Morgan fingerprint density at radius 3 is 2.94 bits per heavy atom. The maximum absolute atomic E-state index is 10.7. The minimum absolute atomic E-state index is 0.0387. The van der Waals surface area contributed by atoms with Crippen LogP contribution in [-0.4, -0.2) is 34.2 Å². The van der Waals surface area contributed by atoms with Crippen LogP contribution in [0.25, 0.3) is 10.7 Å². The molecule has 0 aliphatic heterocycles. The summed E-state index contributed by atoms with van der Waals surface area (Å²) in [5.41, 5.74) is 0.810. The lowest BCUT2D eigenvalue weighted by Gasteiger charge is -2.01. The Hall–Kier alpha value is -2.02. The van der Waals surface area contributed by atoms with E-state index >= 15 is 0 Å². The number of carbonyl (C=O) groups is 1. The highest BCUT2D eigenvalue weighted by Gasteiger charge is 2.06. The molecule has 7 heteroatoms. The molecule has 0 atom stereocenters. The average molecular weight is 263 g/mol. The first-order chi connectivity index (χ1) is 8.75. The normalized spacial score (nSPS) is 10.1. The zero-order valence-corrected chi connectivity index (χ0v) is 10.7. The molecular formula is C11H13N5OS. The van der Waals surface area contributed by atoms with Crippen LogP contribution in [0.2, 0.25) is 0 Å². The number of carbonyl (C=O) groups excluding carboxylic acids is 1. The number of hydrogen-bond acceptors (Lipinski definition) is 6. The van der Waals surface area contributed by atoms with E-state index in [1.807, 2.05) is 18.2 Å². The number of amides is 1. The van der Waals surface area contributed by atoms with Crippen molar-refractivity contribution in [1.82, 2.24) is 20.5 Å². The zero-order valence-electron chi connectivity index (χ0n) is 9.88. The number of rotatable bonds is 5. The van der Waals surface area contributed by atoms with Gasteiger partial charge in [0, 0.05) is 26.2 Å². The molecule has 0 saturated carbocycles. The largest absolute Gasteiger partial charge is 0.358 e. The highest BCUT2D eigenvalue weighted by Crippen LogP contribution is 2.23. The van der Waals surface area contributed by atoms with Gasteiger partial charge < -0.3 is 10.6 Å². The molecule has 2 rings (SSSR count). The number of anilines is 1. The summed E-state index contributed by atoms with van der Waals surface area (Å²) in [4.78, 5) is 14.9. The standard InChI is InChI=1S/C11H13N5OS/c1-8(17)12-6-7-14-11-16-15-10(18-11)9-4-2-3-5-13-9/h2-5H,6-7H2,1H3,(H,12,17)(H,14,16). The third-order valence-corrected chi connectivity index (χ3v) is 2.99. The van der Waals surface area contributed by atoms with Gasteiger partial charge in [-0.05, 0) is 12.1 Å². The van der Waals surface area contributed by atoms with Crippen molar-refractivity contribution in [2.45, 2.75) is 6.92 Å². The Labute approximate surface area is 108 Å². The summed E-state index contributed by atoms with van der Waals surface area (Å²) in [6, 6.07) is 5.66. The lowest BCUT2D eigenvalue weighted by atomic mass is 10.4. The molecule has 0 fully saturated rings. The van der Waals surface area contributed by atoms with Gasteiger partial charge >= 0.3 is 0 Å². The van der Waals surface area contributed by atoms with E-state index in [9.17, 15) is 4.79 Å². The third kappa shape index (κ3) is 3.49. The van der Waals surface area contributed by atoms with Crippen molar-refractivity contribution in [3.05, 3.63) is 24.4 Å². The van der Waals surface area contributed by atoms with Gasteiger partial charge in [-0.1, -0.05) is 17.4 Å². The Morgan fingerprint density at radius 1 is 1.33 bits per heavy atom. The first kappa shape index (κ1) is 12.4. The van der Waals surface area contributed by atoms with Crippen molar-refractivity contribution in [2.75, 3.05) is 18.4 Å². The molecule has 94 valence electrons. The molecule has 2 aromatic heterocycles. The summed E-state index contributed by atoms with van der Waals surface area (Å²) < 4.78 is 0.